The highest BCUT2D eigenvalue weighted by Gasteiger charge is 2.34. The van der Waals surface area contributed by atoms with Crippen molar-refractivity contribution < 1.29 is 9.59 Å². The molecule has 6 nitrogen and oxygen atoms in total. The van der Waals surface area contributed by atoms with Crippen LogP contribution in [0.5, 0.6) is 0 Å². The van der Waals surface area contributed by atoms with Gasteiger partial charge in [-0.05, 0) is 49.6 Å². The van der Waals surface area contributed by atoms with E-state index in [4.69, 9.17) is 5.73 Å². The highest BCUT2D eigenvalue weighted by Crippen LogP contribution is 2.29. The van der Waals surface area contributed by atoms with E-state index in [9.17, 15) is 9.59 Å². The summed E-state index contributed by atoms with van der Waals surface area (Å²) in [5, 5.41) is 8.70. The van der Waals surface area contributed by atoms with E-state index in [2.05, 4.69) is 16.0 Å². The van der Waals surface area contributed by atoms with Gasteiger partial charge in [0.25, 0.3) is 5.91 Å². The van der Waals surface area contributed by atoms with Crippen LogP contribution >= 0.6 is 0 Å². The summed E-state index contributed by atoms with van der Waals surface area (Å²) in [5.41, 5.74) is 8.29. The van der Waals surface area contributed by atoms with E-state index in [1.807, 2.05) is 43.3 Å². The van der Waals surface area contributed by atoms with Crippen molar-refractivity contribution in [3.05, 3.63) is 59.7 Å². The number of nitrogens with two attached hydrogens (primary N) is 1. The maximum Gasteiger partial charge on any atom is 0.323 e. The molecule has 6 heteroatoms. The number of urea groups is 1. The molecule has 0 spiro atoms. The summed E-state index contributed by atoms with van der Waals surface area (Å²) >= 11 is 0. The summed E-state index contributed by atoms with van der Waals surface area (Å²) in [6.45, 7) is 2.33. The summed E-state index contributed by atoms with van der Waals surface area (Å²) in [6, 6.07) is 14.2. The molecule has 0 radical (unpaired) electrons. The van der Waals surface area contributed by atoms with E-state index in [1.54, 1.807) is 12.1 Å². The van der Waals surface area contributed by atoms with Crippen LogP contribution in [0.3, 0.4) is 0 Å². The molecule has 3 amide bonds. The highest BCUT2D eigenvalue weighted by atomic mass is 16.2. The lowest BCUT2D eigenvalue weighted by atomic mass is 9.97. The lowest BCUT2D eigenvalue weighted by Gasteiger charge is -2.28. The van der Waals surface area contributed by atoms with Gasteiger partial charge in [0.15, 0.2) is 0 Å². The zero-order chi connectivity index (χ0) is 19.3. The van der Waals surface area contributed by atoms with Gasteiger partial charge < -0.3 is 21.7 Å². The molecular weight excluding hydrogens is 340 g/mol. The molecule has 0 unspecified atom stereocenters. The van der Waals surface area contributed by atoms with E-state index in [-0.39, 0.29) is 17.5 Å². The first-order chi connectivity index (χ1) is 13.0. The first-order valence-corrected chi connectivity index (χ1v) is 9.28. The smallest absolute Gasteiger partial charge is 0.323 e. The van der Waals surface area contributed by atoms with Crippen LogP contribution in [0.1, 0.15) is 41.6 Å². The molecule has 0 aliphatic heterocycles. The van der Waals surface area contributed by atoms with Crippen molar-refractivity contribution in [3.63, 3.8) is 0 Å². The fourth-order valence-corrected chi connectivity index (χ4v) is 3.45. The molecule has 0 heterocycles. The Balaban J connectivity index is 1.70. The van der Waals surface area contributed by atoms with Gasteiger partial charge in [-0.1, -0.05) is 37.1 Å². The lowest BCUT2D eigenvalue weighted by Crippen LogP contribution is -2.51. The molecule has 27 heavy (non-hydrogen) atoms. The van der Waals surface area contributed by atoms with Gasteiger partial charge in [0, 0.05) is 23.5 Å². The van der Waals surface area contributed by atoms with Crippen molar-refractivity contribution in [1.82, 2.24) is 5.32 Å². The van der Waals surface area contributed by atoms with Crippen molar-refractivity contribution >= 4 is 23.3 Å². The Morgan fingerprint density at radius 3 is 2.41 bits per heavy atom. The van der Waals surface area contributed by atoms with Gasteiger partial charge in [0.1, 0.15) is 0 Å². The number of nitrogens with one attached hydrogen (secondary N) is 3. The minimum atomic E-state index is -0.351. The number of carbonyl (C=O) groups is 2. The van der Waals surface area contributed by atoms with Gasteiger partial charge in [-0.25, -0.2) is 4.79 Å². The molecule has 1 aliphatic rings. The molecular formula is C21H26N4O2. The van der Waals surface area contributed by atoms with Gasteiger partial charge in [-0.2, -0.15) is 0 Å². The topological polar surface area (TPSA) is 96.2 Å². The number of anilines is 2. The van der Waals surface area contributed by atoms with Crippen LogP contribution in [0.2, 0.25) is 0 Å². The van der Waals surface area contributed by atoms with Crippen LogP contribution in [-0.2, 0) is 0 Å². The SMILES string of the molecule is Cc1ccc(C(=O)NC2(CN)CCCC2)cc1NC(=O)Nc1ccccc1. The molecule has 2 aromatic carbocycles. The van der Waals surface area contributed by atoms with E-state index < -0.39 is 0 Å². The number of amides is 3. The number of hydrogen-bond donors (Lipinski definition) is 4. The zero-order valence-electron chi connectivity index (χ0n) is 15.5. The number of aryl methyl sites for hydroxylation is 1. The predicted octanol–water partition coefficient (Wildman–Crippen LogP) is 3.64. The van der Waals surface area contributed by atoms with Gasteiger partial charge in [0.05, 0.1) is 5.54 Å². The largest absolute Gasteiger partial charge is 0.345 e. The molecule has 1 aliphatic carbocycles. The van der Waals surface area contributed by atoms with Crippen LogP contribution in [0.15, 0.2) is 48.5 Å². The molecule has 0 saturated heterocycles. The second kappa shape index (κ2) is 8.22. The van der Waals surface area contributed by atoms with Crippen molar-refractivity contribution in [2.45, 2.75) is 38.1 Å². The third-order valence-electron chi connectivity index (χ3n) is 5.11. The quantitative estimate of drug-likeness (QED) is 0.650. The minimum absolute atomic E-state index is 0.158. The second-order valence-electron chi connectivity index (χ2n) is 7.12. The number of rotatable bonds is 5. The van der Waals surface area contributed by atoms with Gasteiger partial charge in [0.2, 0.25) is 0 Å². The van der Waals surface area contributed by atoms with Gasteiger partial charge >= 0.3 is 6.03 Å². The minimum Gasteiger partial charge on any atom is -0.345 e. The van der Waals surface area contributed by atoms with E-state index in [0.717, 1.165) is 31.2 Å². The molecule has 142 valence electrons. The molecule has 1 saturated carbocycles. The second-order valence-corrected chi connectivity index (χ2v) is 7.12. The number of benzene rings is 2. The van der Waals surface area contributed by atoms with Crippen molar-refractivity contribution in [2.24, 2.45) is 5.73 Å². The maximum absolute atomic E-state index is 12.7. The Labute approximate surface area is 159 Å². The summed E-state index contributed by atoms with van der Waals surface area (Å²) in [4.78, 5) is 25.0. The van der Waals surface area contributed by atoms with Gasteiger partial charge in [-0.3, -0.25) is 4.79 Å². The molecule has 3 rings (SSSR count). The average Bonchev–Trinajstić information content (AvgIpc) is 3.13. The van der Waals surface area contributed by atoms with Crippen LogP contribution < -0.4 is 21.7 Å². The third kappa shape index (κ3) is 4.65. The standard InChI is InChI=1S/C21H26N4O2/c1-15-9-10-16(19(26)25-21(14-22)11-5-6-12-21)13-18(15)24-20(27)23-17-7-3-2-4-8-17/h2-4,7-10,13H,5-6,11-12,14,22H2,1H3,(H,25,26)(H2,23,24,27). The van der Waals surface area contributed by atoms with Crippen LogP contribution in [-0.4, -0.2) is 24.0 Å². The molecule has 1 fully saturated rings. The zero-order valence-corrected chi connectivity index (χ0v) is 15.5. The van der Waals surface area contributed by atoms with Gasteiger partial charge in [-0.15, -0.1) is 0 Å². The summed E-state index contributed by atoms with van der Waals surface area (Å²) in [6.07, 6.45) is 3.98. The molecule has 0 bridgehead atoms. The van der Waals surface area contributed by atoms with Crippen molar-refractivity contribution in [1.29, 1.82) is 0 Å². The normalized spacial score (nSPS) is 15.2. The first kappa shape index (κ1) is 18.9. The Bertz CT molecular complexity index is 814. The monoisotopic (exact) mass is 366 g/mol. The molecule has 0 atom stereocenters. The van der Waals surface area contributed by atoms with Crippen LogP contribution in [0.25, 0.3) is 0 Å². The Kier molecular flexibility index (Phi) is 5.76. The van der Waals surface area contributed by atoms with Crippen LogP contribution in [0, 0.1) is 6.92 Å². The fraction of sp³-hybridized carbons (Fsp3) is 0.333. The lowest BCUT2D eigenvalue weighted by molar-refractivity contribution is 0.0903. The number of carbonyl (C=O) groups excluding carboxylic acids is 2. The number of hydrogen-bond acceptors (Lipinski definition) is 3. The Morgan fingerprint density at radius 2 is 1.74 bits per heavy atom. The maximum atomic E-state index is 12.7. The molecule has 0 aromatic heterocycles. The third-order valence-corrected chi connectivity index (χ3v) is 5.11. The van der Waals surface area contributed by atoms with Crippen LogP contribution in [0.4, 0.5) is 16.2 Å². The van der Waals surface area contributed by atoms with Crippen molar-refractivity contribution in [3.8, 4) is 0 Å². The number of para-hydroxylation sites is 1. The van der Waals surface area contributed by atoms with Crippen molar-refractivity contribution in [2.75, 3.05) is 17.2 Å². The molecule has 5 N–H and O–H groups in total. The van der Waals surface area contributed by atoms with E-state index >= 15 is 0 Å². The Hall–Kier alpha value is -2.86. The van der Waals surface area contributed by atoms with E-state index in [0.29, 0.717) is 23.5 Å². The Morgan fingerprint density at radius 1 is 1.04 bits per heavy atom. The first-order valence-electron chi connectivity index (χ1n) is 9.28. The molecule has 2 aromatic rings. The summed E-state index contributed by atoms with van der Waals surface area (Å²) < 4.78 is 0. The predicted molar refractivity (Wildman–Crippen MR) is 108 cm³/mol. The average molecular weight is 366 g/mol. The van der Waals surface area contributed by atoms with E-state index in [1.165, 1.54) is 0 Å². The fourth-order valence-electron chi connectivity index (χ4n) is 3.45. The summed E-state index contributed by atoms with van der Waals surface area (Å²) in [5.74, 6) is -0.158. The summed E-state index contributed by atoms with van der Waals surface area (Å²) in [7, 11) is 0. The highest BCUT2D eigenvalue weighted by molar-refractivity contribution is 6.02.